The quantitative estimate of drug-likeness (QED) is 0.813. The van der Waals surface area contributed by atoms with E-state index in [2.05, 4.69) is 13.0 Å². The molecule has 1 aliphatic rings. The van der Waals surface area contributed by atoms with Crippen LogP contribution in [0.2, 0.25) is 0 Å². The van der Waals surface area contributed by atoms with Crippen LogP contribution in [0.25, 0.3) is 0 Å². The average Bonchev–Trinajstić information content (AvgIpc) is 2.78. The van der Waals surface area contributed by atoms with Crippen LogP contribution in [0.5, 0.6) is 0 Å². The van der Waals surface area contributed by atoms with Crippen molar-refractivity contribution in [1.82, 2.24) is 0 Å². The minimum absolute atomic E-state index is 0.0386. The average molecular weight is 280 g/mol. The van der Waals surface area contributed by atoms with Crippen LogP contribution in [-0.4, -0.2) is 11.9 Å². The van der Waals surface area contributed by atoms with Gasteiger partial charge in [-0.15, -0.1) is 0 Å². The van der Waals surface area contributed by atoms with Crippen LogP contribution in [0.15, 0.2) is 36.4 Å². The number of carbonyl (C=O) groups excluding carboxylic acids is 1. The van der Waals surface area contributed by atoms with Gasteiger partial charge in [-0.2, -0.15) is 0 Å². The molecule has 1 amide bonds. The van der Waals surface area contributed by atoms with Crippen LogP contribution in [-0.2, 0) is 6.42 Å². The van der Waals surface area contributed by atoms with Gasteiger partial charge in [0.15, 0.2) is 0 Å². The molecule has 108 valence electrons. The number of aryl methyl sites for hydroxylation is 2. The summed E-state index contributed by atoms with van der Waals surface area (Å²) in [6.07, 6.45) is 0.905. The summed E-state index contributed by atoms with van der Waals surface area (Å²) in [5.41, 5.74) is 11.6. The van der Waals surface area contributed by atoms with Gasteiger partial charge in [-0.1, -0.05) is 24.3 Å². The first kappa shape index (κ1) is 13.7. The summed E-state index contributed by atoms with van der Waals surface area (Å²) >= 11 is 0. The highest BCUT2D eigenvalue weighted by atomic mass is 16.2. The van der Waals surface area contributed by atoms with Crippen LogP contribution in [0.4, 0.5) is 11.4 Å². The smallest absolute Gasteiger partial charge is 0.258 e. The summed E-state index contributed by atoms with van der Waals surface area (Å²) < 4.78 is 0. The van der Waals surface area contributed by atoms with Gasteiger partial charge in [0.1, 0.15) is 0 Å². The maximum Gasteiger partial charge on any atom is 0.258 e. The number of amides is 1. The summed E-state index contributed by atoms with van der Waals surface area (Å²) in [5.74, 6) is 0.0386. The molecule has 2 aromatic carbocycles. The van der Waals surface area contributed by atoms with Crippen molar-refractivity contribution in [2.24, 2.45) is 0 Å². The van der Waals surface area contributed by atoms with Crippen LogP contribution < -0.4 is 10.6 Å². The van der Waals surface area contributed by atoms with E-state index in [0.29, 0.717) is 11.3 Å². The summed E-state index contributed by atoms with van der Waals surface area (Å²) in [4.78, 5) is 14.9. The molecule has 3 nitrogen and oxygen atoms in total. The number of rotatable bonds is 1. The molecular formula is C18H20N2O. The summed E-state index contributed by atoms with van der Waals surface area (Å²) in [6.45, 7) is 6.02. The largest absolute Gasteiger partial charge is 0.398 e. The minimum Gasteiger partial charge on any atom is -0.398 e. The van der Waals surface area contributed by atoms with Crippen molar-refractivity contribution in [2.75, 3.05) is 10.6 Å². The summed E-state index contributed by atoms with van der Waals surface area (Å²) in [6, 6.07) is 12.1. The molecule has 0 fully saturated rings. The summed E-state index contributed by atoms with van der Waals surface area (Å²) in [5, 5.41) is 0. The molecular weight excluding hydrogens is 260 g/mol. The van der Waals surface area contributed by atoms with Crippen molar-refractivity contribution in [3.05, 3.63) is 58.7 Å². The Morgan fingerprint density at radius 2 is 1.90 bits per heavy atom. The first-order valence-corrected chi connectivity index (χ1v) is 7.27. The first-order chi connectivity index (χ1) is 9.99. The third-order valence-corrected chi connectivity index (χ3v) is 4.27. The number of fused-ring (bicyclic) bond motifs is 1. The fraction of sp³-hybridized carbons (Fsp3) is 0.278. The molecule has 1 unspecified atom stereocenters. The third-order valence-electron chi connectivity index (χ3n) is 4.27. The molecule has 1 aliphatic heterocycles. The van der Waals surface area contributed by atoms with E-state index in [9.17, 15) is 4.79 Å². The lowest BCUT2D eigenvalue weighted by Crippen LogP contribution is -2.36. The molecule has 21 heavy (non-hydrogen) atoms. The maximum absolute atomic E-state index is 13.0. The Kier molecular flexibility index (Phi) is 3.20. The zero-order valence-corrected chi connectivity index (χ0v) is 12.7. The van der Waals surface area contributed by atoms with Gasteiger partial charge < -0.3 is 10.6 Å². The van der Waals surface area contributed by atoms with Crippen molar-refractivity contribution in [3.63, 3.8) is 0 Å². The van der Waals surface area contributed by atoms with Gasteiger partial charge in [0.2, 0.25) is 0 Å². The van der Waals surface area contributed by atoms with Gasteiger partial charge >= 0.3 is 0 Å². The van der Waals surface area contributed by atoms with Crippen molar-refractivity contribution in [2.45, 2.75) is 33.2 Å². The second kappa shape index (κ2) is 4.92. The number of hydrogen-bond donors (Lipinski definition) is 1. The van der Waals surface area contributed by atoms with Gasteiger partial charge in [0, 0.05) is 23.0 Å². The third kappa shape index (κ3) is 2.19. The molecule has 0 saturated carbocycles. The van der Waals surface area contributed by atoms with Crippen LogP contribution >= 0.6 is 0 Å². The highest BCUT2D eigenvalue weighted by Gasteiger charge is 2.31. The van der Waals surface area contributed by atoms with Crippen molar-refractivity contribution < 1.29 is 4.79 Å². The van der Waals surface area contributed by atoms with Crippen molar-refractivity contribution >= 4 is 17.3 Å². The van der Waals surface area contributed by atoms with E-state index >= 15 is 0 Å². The topological polar surface area (TPSA) is 46.3 Å². The highest BCUT2D eigenvalue weighted by molar-refractivity contribution is 6.09. The zero-order valence-electron chi connectivity index (χ0n) is 12.7. The van der Waals surface area contributed by atoms with Gasteiger partial charge in [-0.3, -0.25) is 4.79 Å². The Labute approximate surface area is 125 Å². The van der Waals surface area contributed by atoms with Crippen molar-refractivity contribution in [3.8, 4) is 0 Å². The monoisotopic (exact) mass is 280 g/mol. The molecule has 3 heteroatoms. The zero-order chi connectivity index (χ0) is 15.1. The Bertz CT molecular complexity index is 721. The lowest BCUT2D eigenvalue weighted by atomic mass is 10.0. The fourth-order valence-corrected chi connectivity index (χ4v) is 3.10. The molecule has 3 rings (SSSR count). The fourth-order valence-electron chi connectivity index (χ4n) is 3.10. The Morgan fingerprint density at radius 3 is 2.67 bits per heavy atom. The van der Waals surface area contributed by atoms with Gasteiger partial charge in [-0.05, 0) is 56.0 Å². The maximum atomic E-state index is 13.0. The number of anilines is 2. The highest BCUT2D eigenvalue weighted by Crippen LogP contribution is 2.34. The van der Waals surface area contributed by atoms with E-state index in [0.717, 1.165) is 23.2 Å². The van der Waals surface area contributed by atoms with E-state index in [1.165, 1.54) is 5.56 Å². The predicted molar refractivity (Wildman–Crippen MR) is 86.7 cm³/mol. The number of para-hydroxylation sites is 1. The van der Waals surface area contributed by atoms with Crippen LogP contribution in [0, 0.1) is 13.8 Å². The molecule has 2 aromatic rings. The normalized spacial score (nSPS) is 16.9. The first-order valence-electron chi connectivity index (χ1n) is 7.27. The van der Waals surface area contributed by atoms with Gasteiger partial charge in [0.25, 0.3) is 5.91 Å². The van der Waals surface area contributed by atoms with E-state index in [-0.39, 0.29) is 11.9 Å². The molecule has 0 bridgehead atoms. The number of benzene rings is 2. The molecule has 1 atom stereocenters. The molecule has 0 radical (unpaired) electrons. The molecule has 0 saturated heterocycles. The number of nitrogens with zero attached hydrogens (tertiary/aromatic N) is 1. The van der Waals surface area contributed by atoms with E-state index in [1.807, 2.05) is 43.0 Å². The molecule has 2 N–H and O–H groups in total. The number of nitrogens with two attached hydrogens (primary N) is 1. The lowest BCUT2D eigenvalue weighted by Gasteiger charge is -2.24. The number of nitrogen functional groups attached to an aromatic ring is 1. The Morgan fingerprint density at radius 1 is 1.19 bits per heavy atom. The predicted octanol–water partition coefficient (Wildman–Crippen LogP) is 3.48. The second-order valence-corrected chi connectivity index (χ2v) is 5.88. The lowest BCUT2D eigenvalue weighted by molar-refractivity contribution is 0.0981. The minimum atomic E-state index is 0.0386. The Balaban J connectivity index is 2.05. The van der Waals surface area contributed by atoms with Crippen LogP contribution in [0.1, 0.15) is 34.0 Å². The van der Waals surface area contributed by atoms with Crippen LogP contribution in [0.3, 0.4) is 0 Å². The molecule has 0 aliphatic carbocycles. The number of hydrogen-bond acceptors (Lipinski definition) is 2. The van der Waals surface area contributed by atoms with Gasteiger partial charge in [-0.25, -0.2) is 0 Å². The molecule has 0 spiro atoms. The standard InChI is InChI=1S/C18H20N2O/c1-11-8-12(2)16(19)10-15(11)18(21)20-13(3)9-14-6-4-5-7-17(14)20/h4-8,10,13H,9,19H2,1-3H3. The molecule has 0 aromatic heterocycles. The van der Waals surface area contributed by atoms with E-state index in [4.69, 9.17) is 5.73 Å². The second-order valence-electron chi connectivity index (χ2n) is 5.88. The molecule has 1 heterocycles. The van der Waals surface area contributed by atoms with Crippen molar-refractivity contribution in [1.29, 1.82) is 0 Å². The van der Waals surface area contributed by atoms with Gasteiger partial charge in [0.05, 0.1) is 0 Å². The van der Waals surface area contributed by atoms with E-state index in [1.54, 1.807) is 6.07 Å². The van der Waals surface area contributed by atoms with E-state index < -0.39 is 0 Å². The summed E-state index contributed by atoms with van der Waals surface area (Å²) in [7, 11) is 0. The Hall–Kier alpha value is -2.29. The SMILES string of the molecule is Cc1cc(C)c(C(=O)N2c3ccccc3CC2C)cc1N. The number of carbonyl (C=O) groups is 1.